The molecule has 0 unspecified atom stereocenters. The third-order valence-electron chi connectivity index (χ3n) is 5.50. The standard InChI is InChI=1S/C18H19N3O4S/c1-10-14-12(11-2-5-26-8-11)6-21(16(14)20-9-19-10)17-18(3-4-24-18)15(23)13(7-22)25-17/h2,5-6,8-9,13,15,17,22-23H,3-4,7H2,1H3/t13-,15-,17-,18-/m1/s1. The van der Waals surface area contributed by atoms with Crippen molar-refractivity contribution in [2.75, 3.05) is 13.2 Å². The predicted octanol–water partition coefficient (Wildman–Crippen LogP) is 1.88. The van der Waals surface area contributed by atoms with Gasteiger partial charge >= 0.3 is 0 Å². The summed E-state index contributed by atoms with van der Waals surface area (Å²) in [4.78, 5) is 8.84. The van der Waals surface area contributed by atoms with Gasteiger partial charge in [-0.25, -0.2) is 9.97 Å². The molecule has 5 heterocycles. The zero-order valence-electron chi connectivity index (χ0n) is 14.2. The van der Waals surface area contributed by atoms with Gasteiger partial charge in [0.2, 0.25) is 0 Å². The first kappa shape index (κ1) is 16.3. The van der Waals surface area contributed by atoms with Crippen molar-refractivity contribution >= 4 is 22.4 Å². The number of hydrogen-bond donors (Lipinski definition) is 2. The quantitative estimate of drug-likeness (QED) is 0.729. The first-order chi connectivity index (χ1) is 12.7. The molecule has 0 aliphatic carbocycles. The highest BCUT2D eigenvalue weighted by Gasteiger charge is 2.61. The molecule has 0 saturated carbocycles. The Bertz CT molecular complexity index is 951. The largest absolute Gasteiger partial charge is 0.394 e. The van der Waals surface area contributed by atoms with Crippen molar-refractivity contribution in [3.8, 4) is 11.1 Å². The molecule has 2 aliphatic heterocycles. The molecule has 0 aromatic carbocycles. The topological polar surface area (TPSA) is 89.6 Å². The van der Waals surface area contributed by atoms with Crippen molar-refractivity contribution in [1.82, 2.24) is 14.5 Å². The van der Waals surface area contributed by atoms with Crippen molar-refractivity contribution in [2.24, 2.45) is 0 Å². The van der Waals surface area contributed by atoms with Crippen LogP contribution < -0.4 is 0 Å². The Labute approximate surface area is 153 Å². The summed E-state index contributed by atoms with van der Waals surface area (Å²) in [5, 5.41) is 25.3. The minimum absolute atomic E-state index is 0.257. The van der Waals surface area contributed by atoms with Gasteiger partial charge < -0.3 is 24.3 Å². The minimum Gasteiger partial charge on any atom is -0.394 e. The molecule has 0 amide bonds. The van der Waals surface area contributed by atoms with Crippen LogP contribution in [0.1, 0.15) is 18.3 Å². The van der Waals surface area contributed by atoms with Crippen LogP contribution >= 0.6 is 11.3 Å². The predicted molar refractivity (Wildman–Crippen MR) is 95.9 cm³/mol. The molecule has 3 aromatic heterocycles. The van der Waals surface area contributed by atoms with E-state index in [1.165, 1.54) is 6.33 Å². The fraction of sp³-hybridized carbons (Fsp3) is 0.444. The van der Waals surface area contributed by atoms with E-state index in [1.54, 1.807) is 11.3 Å². The number of aromatic nitrogens is 3. The highest BCUT2D eigenvalue weighted by atomic mass is 32.1. The molecule has 3 aromatic rings. The van der Waals surface area contributed by atoms with Gasteiger partial charge in [0.15, 0.2) is 6.23 Å². The van der Waals surface area contributed by atoms with Gasteiger partial charge in [0.25, 0.3) is 0 Å². The molecule has 0 bridgehead atoms. The van der Waals surface area contributed by atoms with Gasteiger partial charge in [-0.2, -0.15) is 11.3 Å². The number of hydrogen-bond acceptors (Lipinski definition) is 7. The zero-order chi connectivity index (χ0) is 17.9. The van der Waals surface area contributed by atoms with Crippen LogP contribution in [0.2, 0.25) is 0 Å². The molecule has 1 spiro atoms. The number of fused-ring (bicyclic) bond motifs is 1. The Morgan fingerprint density at radius 2 is 2.27 bits per heavy atom. The Morgan fingerprint density at radius 1 is 1.42 bits per heavy atom. The van der Waals surface area contributed by atoms with Crippen LogP contribution in [0.4, 0.5) is 0 Å². The molecule has 136 valence electrons. The molecule has 7 nitrogen and oxygen atoms in total. The van der Waals surface area contributed by atoms with E-state index in [1.807, 2.05) is 23.1 Å². The summed E-state index contributed by atoms with van der Waals surface area (Å²) in [6.45, 7) is 2.27. The Hall–Kier alpha value is -1.84. The highest BCUT2D eigenvalue weighted by molar-refractivity contribution is 7.08. The second-order valence-corrected chi connectivity index (χ2v) is 7.61. The van der Waals surface area contributed by atoms with E-state index < -0.39 is 24.0 Å². The number of aliphatic hydroxyl groups is 2. The van der Waals surface area contributed by atoms with Crippen LogP contribution in [0, 0.1) is 6.92 Å². The Kier molecular flexibility index (Phi) is 3.67. The minimum atomic E-state index is -0.878. The smallest absolute Gasteiger partial charge is 0.167 e. The van der Waals surface area contributed by atoms with Crippen molar-refractivity contribution in [2.45, 2.75) is 37.4 Å². The Morgan fingerprint density at radius 3 is 2.92 bits per heavy atom. The van der Waals surface area contributed by atoms with Crippen molar-refractivity contribution in [3.63, 3.8) is 0 Å². The third kappa shape index (κ3) is 2.07. The second-order valence-electron chi connectivity index (χ2n) is 6.83. The summed E-state index contributed by atoms with van der Waals surface area (Å²) in [6, 6.07) is 2.06. The lowest BCUT2D eigenvalue weighted by atomic mass is 9.86. The maximum Gasteiger partial charge on any atom is 0.167 e. The van der Waals surface area contributed by atoms with Crippen molar-refractivity contribution in [1.29, 1.82) is 0 Å². The first-order valence-electron chi connectivity index (χ1n) is 8.59. The number of nitrogens with zero attached hydrogens (tertiary/aromatic N) is 3. The fourth-order valence-electron chi connectivity index (χ4n) is 4.08. The van der Waals surface area contributed by atoms with E-state index in [4.69, 9.17) is 9.47 Å². The number of rotatable bonds is 3. The van der Waals surface area contributed by atoms with E-state index >= 15 is 0 Å². The maximum absolute atomic E-state index is 10.7. The van der Waals surface area contributed by atoms with E-state index in [0.29, 0.717) is 13.0 Å². The molecule has 8 heteroatoms. The summed E-state index contributed by atoms with van der Waals surface area (Å²) in [7, 11) is 0. The van der Waals surface area contributed by atoms with Crippen LogP contribution in [0.25, 0.3) is 22.2 Å². The van der Waals surface area contributed by atoms with Gasteiger partial charge in [-0.3, -0.25) is 0 Å². The van der Waals surface area contributed by atoms with Gasteiger partial charge in [-0.15, -0.1) is 0 Å². The second kappa shape index (κ2) is 5.83. The summed E-state index contributed by atoms with van der Waals surface area (Å²) in [5.74, 6) is 0. The van der Waals surface area contributed by atoms with Gasteiger partial charge in [0.1, 0.15) is 29.8 Å². The zero-order valence-corrected chi connectivity index (χ0v) is 15.0. The van der Waals surface area contributed by atoms with Gasteiger partial charge in [-0.1, -0.05) is 0 Å². The first-order valence-corrected chi connectivity index (χ1v) is 9.53. The van der Waals surface area contributed by atoms with Crippen LogP contribution in [-0.2, 0) is 9.47 Å². The summed E-state index contributed by atoms with van der Waals surface area (Å²) < 4.78 is 13.8. The van der Waals surface area contributed by atoms with Crippen LogP contribution in [-0.4, -0.2) is 55.8 Å². The monoisotopic (exact) mass is 373 g/mol. The van der Waals surface area contributed by atoms with Crippen LogP contribution in [0.15, 0.2) is 29.4 Å². The van der Waals surface area contributed by atoms with Gasteiger partial charge in [0.05, 0.1) is 18.9 Å². The number of thiophene rings is 1. The molecular formula is C18H19N3O4S. The average Bonchev–Trinajstić information content (AvgIpc) is 3.29. The molecule has 2 fully saturated rings. The van der Waals surface area contributed by atoms with Gasteiger partial charge in [0, 0.05) is 23.6 Å². The molecule has 4 atom stereocenters. The molecular weight excluding hydrogens is 354 g/mol. The van der Waals surface area contributed by atoms with Crippen molar-refractivity contribution < 1.29 is 19.7 Å². The summed E-state index contributed by atoms with van der Waals surface area (Å²) >= 11 is 1.63. The lowest BCUT2D eigenvalue weighted by Gasteiger charge is -2.44. The normalized spacial score (nSPS) is 31.0. The summed E-state index contributed by atoms with van der Waals surface area (Å²) in [5.41, 5.74) is 2.90. The molecule has 26 heavy (non-hydrogen) atoms. The average molecular weight is 373 g/mol. The molecule has 0 radical (unpaired) electrons. The number of aryl methyl sites for hydroxylation is 1. The van der Waals surface area contributed by atoms with E-state index in [9.17, 15) is 10.2 Å². The van der Waals surface area contributed by atoms with E-state index in [2.05, 4.69) is 21.4 Å². The SMILES string of the molecule is Cc1ncnc2c1c(-c1ccsc1)cn2[C@@H]1O[C@H](CO)[C@@H](O)[C@]12CCO2. The molecule has 2 saturated heterocycles. The molecule has 5 rings (SSSR count). The maximum atomic E-state index is 10.7. The Balaban J connectivity index is 1.72. The van der Waals surface area contributed by atoms with Crippen LogP contribution in [0.5, 0.6) is 0 Å². The number of ether oxygens (including phenoxy) is 2. The van der Waals surface area contributed by atoms with E-state index in [-0.39, 0.29) is 6.61 Å². The lowest BCUT2D eigenvalue weighted by molar-refractivity contribution is -0.225. The highest BCUT2D eigenvalue weighted by Crippen LogP contribution is 2.50. The lowest BCUT2D eigenvalue weighted by Crippen LogP contribution is -2.56. The molecule has 2 N–H and O–H groups in total. The van der Waals surface area contributed by atoms with Crippen LogP contribution in [0.3, 0.4) is 0 Å². The molecule has 2 aliphatic rings. The summed E-state index contributed by atoms with van der Waals surface area (Å²) in [6.07, 6.45) is 2.10. The fourth-order valence-corrected chi connectivity index (χ4v) is 4.73. The third-order valence-corrected chi connectivity index (χ3v) is 6.19. The van der Waals surface area contributed by atoms with Crippen molar-refractivity contribution in [3.05, 3.63) is 35.0 Å². The number of aliphatic hydroxyl groups excluding tert-OH is 2. The van der Waals surface area contributed by atoms with Gasteiger partial charge in [-0.05, 0) is 29.3 Å². The van der Waals surface area contributed by atoms with E-state index in [0.717, 1.165) is 27.9 Å².